The molecule has 0 bridgehead atoms. The van der Waals surface area contributed by atoms with Crippen LogP contribution in [0.4, 0.5) is 0 Å². The molecule has 26 radical (unpaired) electrons. The van der Waals surface area contributed by atoms with E-state index in [0.717, 1.165) is 73.0 Å². The van der Waals surface area contributed by atoms with Gasteiger partial charge in [0, 0.05) is 62.5 Å². The average Bonchev–Trinajstić information content (AvgIpc) is 1.40. The van der Waals surface area contributed by atoms with Crippen molar-refractivity contribution < 1.29 is 0 Å². The summed E-state index contributed by atoms with van der Waals surface area (Å²) in [7, 11) is 88.4. The van der Waals surface area contributed by atoms with Gasteiger partial charge in [-0.05, 0) is 163 Å². The van der Waals surface area contributed by atoms with Crippen LogP contribution < -0.4 is 71.0 Å². The number of hydrogen-bond acceptors (Lipinski definition) is 2. The van der Waals surface area contributed by atoms with E-state index in [1.165, 1.54) is 11.1 Å². The van der Waals surface area contributed by atoms with Gasteiger partial charge in [0.25, 0.3) is 0 Å². The number of fused-ring (bicyclic) bond motifs is 6. The molecule has 0 amide bonds. The third kappa shape index (κ3) is 11.7. The summed E-state index contributed by atoms with van der Waals surface area (Å²) in [4.78, 5) is 17.9. The molecule has 0 saturated carbocycles. The lowest BCUT2D eigenvalue weighted by molar-refractivity contribution is 0.590. The molecule has 13 aromatic carbocycles. The Bertz CT molecular complexity index is 5890. The first-order valence-corrected chi connectivity index (χ1v) is 39.1. The van der Waals surface area contributed by atoms with E-state index in [1.807, 2.05) is 97.1 Å². The van der Waals surface area contributed by atoms with Crippen LogP contribution >= 0.6 is 20.1 Å². The molecule has 16 aromatic rings. The molecule has 0 aliphatic carbocycles. The zero-order valence-corrected chi connectivity index (χ0v) is 63.1. The van der Waals surface area contributed by atoms with Crippen LogP contribution in [0, 0.1) is 0 Å². The van der Waals surface area contributed by atoms with Gasteiger partial charge in [-0.3, -0.25) is 9.13 Å². The molecular weight excluding hydrogens is 1340 g/mol. The number of rotatable bonds is 13. The summed E-state index contributed by atoms with van der Waals surface area (Å²) < 4.78 is 4.46. The van der Waals surface area contributed by atoms with E-state index >= 15 is 0 Å². The van der Waals surface area contributed by atoms with Gasteiger partial charge in [0.1, 0.15) is 114 Å². The molecule has 0 unspecified atom stereocenters. The topological polar surface area (TPSA) is 35.6 Å². The monoisotopic (exact) mass is 1400 g/mol. The fourth-order valence-electron chi connectivity index (χ4n) is 15.8. The van der Waals surface area contributed by atoms with E-state index in [2.05, 4.69) is 214 Å². The molecule has 16 rings (SSSR count). The number of aromatic nitrogens is 4. The lowest BCUT2D eigenvalue weighted by Crippen LogP contribution is -2.55. The third-order valence-corrected chi connectivity index (χ3v) is 29.3. The average molecular weight is 1400 g/mol. The number of benzene rings is 13. The molecular formula is C90H61B13N4S2. The highest BCUT2D eigenvalue weighted by molar-refractivity contribution is 8.35. The molecule has 0 N–H and O–H groups in total. The van der Waals surface area contributed by atoms with E-state index in [0.29, 0.717) is 49.2 Å². The van der Waals surface area contributed by atoms with Gasteiger partial charge in [0.2, 0.25) is 0 Å². The Morgan fingerprint density at radius 1 is 0.248 bits per heavy atom. The SMILES string of the molecule is [B]c1c([B])c([B])c(-c2cccc(S(c3ccccc3)(c3ccccc3)c3c([B])c(-c4nc(-n5c6ccccc6c6ccccc65)cc(-n5c6ccc(C(C)(C)C)cc6c6cc(C(C)(C)C)ccc65)n4)c([B])c(S(c4ccccc4)(c4ccccc4)c4cccc(-c5c([B])c([B])c([B])c([B])c5[B])c4)c3[B])c2)c([B])c1[B]. The van der Waals surface area contributed by atoms with Crippen molar-refractivity contribution >= 4 is 237 Å². The molecule has 492 valence electrons. The third-order valence-electron chi connectivity index (χ3n) is 21.3. The molecule has 19 heteroatoms. The van der Waals surface area contributed by atoms with Gasteiger partial charge in [0.05, 0.1) is 22.1 Å². The Balaban J connectivity index is 1.15. The van der Waals surface area contributed by atoms with Crippen LogP contribution in [0.2, 0.25) is 0 Å². The van der Waals surface area contributed by atoms with Gasteiger partial charge in [0.15, 0.2) is 5.82 Å². The van der Waals surface area contributed by atoms with Crippen molar-refractivity contribution in [3.8, 4) is 45.3 Å². The lowest BCUT2D eigenvalue weighted by atomic mass is 9.60. The molecule has 0 aliphatic heterocycles. The van der Waals surface area contributed by atoms with Crippen LogP contribution in [-0.2, 0) is 10.8 Å². The Morgan fingerprint density at radius 3 is 0.872 bits per heavy atom. The van der Waals surface area contributed by atoms with Crippen LogP contribution in [0.25, 0.3) is 88.9 Å². The van der Waals surface area contributed by atoms with Gasteiger partial charge in [-0.25, -0.2) is 9.97 Å². The fraction of sp³-hybridized carbons (Fsp3) is 0.0889. The molecule has 3 aromatic heterocycles. The second kappa shape index (κ2) is 27.9. The highest BCUT2D eigenvalue weighted by atomic mass is 32.3. The predicted octanol–water partition coefficient (Wildman–Crippen LogP) is 9.27. The van der Waals surface area contributed by atoms with Crippen molar-refractivity contribution in [2.75, 3.05) is 0 Å². The molecule has 0 saturated heterocycles. The minimum atomic E-state index is -3.16. The maximum Gasteiger partial charge on any atom is 0.162 e. The Morgan fingerprint density at radius 2 is 0.541 bits per heavy atom. The first-order chi connectivity index (χ1) is 52.3. The van der Waals surface area contributed by atoms with Crippen LogP contribution in [0.3, 0.4) is 0 Å². The number of para-hydroxylation sites is 2. The van der Waals surface area contributed by atoms with Gasteiger partial charge in [-0.2, -0.15) is 0 Å². The van der Waals surface area contributed by atoms with Crippen molar-refractivity contribution in [3.63, 3.8) is 0 Å². The maximum absolute atomic E-state index is 8.84. The van der Waals surface area contributed by atoms with Crippen LogP contribution in [0.15, 0.2) is 300 Å². The van der Waals surface area contributed by atoms with Gasteiger partial charge in [-0.1, -0.05) is 225 Å². The minimum Gasteiger partial charge on any atom is -0.294 e. The summed E-state index contributed by atoms with van der Waals surface area (Å²) in [5.41, 5.74) is 9.90. The zero-order chi connectivity index (χ0) is 76.5. The zero-order valence-electron chi connectivity index (χ0n) is 61.4. The van der Waals surface area contributed by atoms with Crippen molar-refractivity contribution in [1.29, 1.82) is 0 Å². The number of hydrogen-bond donors (Lipinski definition) is 0. The van der Waals surface area contributed by atoms with Crippen molar-refractivity contribution in [1.82, 2.24) is 19.1 Å². The van der Waals surface area contributed by atoms with Gasteiger partial charge >= 0.3 is 0 Å². The molecule has 3 heterocycles. The normalized spacial score (nSPS) is 12.5. The van der Waals surface area contributed by atoms with Crippen molar-refractivity contribution in [2.45, 2.75) is 91.5 Å². The summed E-state index contributed by atoms with van der Waals surface area (Å²) >= 11 is 0. The molecule has 0 aliphatic rings. The van der Waals surface area contributed by atoms with Crippen LogP contribution in [0.1, 0.15) is 52.7 Å². The number of nitrogens with zero attached hydrogens (tertiary/aromatic N) is 4. The summed E-state index contributed by atoms with van der Waals surface area (Å²) in [5.74, 6) is 1.28. The molecule has 0 atom stereocenters. The van der Waals surface area contributed by atoms with Crippen molar-refractivity contribution in [3.05, 3.63) is 272 Å². The molecule has 4 nitrogen and oxygen atoms in total. The standard InChI is InChI=1S/C90H61B13N4S2/c1-89(2,3)52-41-43-66-62(47-52)63-48-53(90(4,5)6)42-44-67(63)107(66)69-49-68(106-64-39-21-19-37-60(64)61-38-20-22-40-65(61)106)104-88(105-69)72-77(95)86(108(54-27-11-7-12-28-54,55-29-13-8-14-30-55)58-35-23-25-50(45-58)70-73(91)79(97)83(101)80(98)74(70)92)85(103)87(78(72)96)109(56-31-15-9-16-32-56,57-33-17-10-18-34-57)59-36-24-26-51(46-59)71-75(93)81(99)84(102)82(100)76(71)94/h7-49H,1-6H3. The quantitative estimate of drug-likeness (QED) is 0.108. The van der Waals surface area contributed by atoms with Gasteiger partial charge < -0.3 is 0 Å². The summed E-state index contributed by atoms with van der Waals surface area (Å²) in [6, 6.07) is 89.7. The smallest absolute Gasteiger partial charge is 0.162 e. The first-order valence-electron chi connectivity index (χ1n) is 35.9. The molecule has 0 spiro atoms. The predicted molar refractivity (Wildman–Crippen MR) is 474 cm³/mol. The maximum atomic E-state index is 8.84. The summed E-state index contributed by atoms with van der Waals surface area (Å²) in [6.07, 6.45) is 0. The second-order valence-electron chi connectivity index (χ2n) is 29.8. The molecule has 109 heavy (non-hydrogen) atoms. The Hall–Kier alpha value is -9.92. The largest absolute Gasteiger partial charge is 0.294 e. The highest BCUT2D eigenvalue weighted by Crippen LogP contribution is 2.76. The highest BCUT2D eigenvalue weighted by Gasteiger charge is 2.44. The van der Waals surface area contributed by atoms with E-state index in [9.17, 15) is 0 Å². The first kappa shape index (κ1) is 73.2. The Labute approximate surface area is 659 Å². The van der Waals surface area contributed by atoms with E-state index in [-0.39, 0.29) is 87.7 Å². The summed E-state index contributed by atoms with van der Waals surface area (Å²) in [5, 5.41) is 4.18. The van der Waals surface area contributed by atoms with Gasteiger partial charge in [-0.15, -0.1) is 52.8 Å². The van der Waals surface area contributed by atoms with E-state index in [4.69, 9.17) is 112 Å². The van der Waals surface area contributed by atoms with Crippen LogP contribution in [-0.4, -0.2) is 121 Å². The minimum absolute atomic E-state index is 0.0861. The van der Waals surface area contributed by atoms with Crippen LogP contribution in [0.5, 0.6) is 0 Å². The summed E-state index contributed by atoms with van der Waals surface area (Å²) in [6.45, 7) is 13.5. The fourth-order valence-corrected chi connectivity index (χ4v) is 24.1. The van der Waals surface area contributed by atoms with E-state index < -0.39 is 20.1 Å². The lowest BCUT2D eigenvalue weighted by Gasteiger charge is -2.49. The van der Waals surface area contributed by atoms with Crippen molar-refractivity contribution in [2.24, 2.45) is 0 Å². The second-order valence-corrected chi connectivity index (χ2v) is 35.9. The van der Waals surface area contributed by atoms with E-state index in [1.54, 1.807) is 0 Å². The molecule has 0 fully saturated rings. The Kier molecular flexibility index (Phi) is 18.7.